The van der Waals surface area contributed by atoms with Crippen LogP contribution in [0.2, 0.25) is 5.02 Å². The van der Waals surface area contributed by atoms with Gasteiger partial charge in [0.25, 0.3) is 5.69 Å². The van der Waals surface area contributed by atoms with Crippen molar-refractivity contribution in [3.05, 3.63) is 74.0 Å². The van der Waals surface area contributed by atoms with Crippen LogP contribution in [0.25, 0.3) is 0 Å². The molecule has 0 saturated heterocycles. The standard InChI is InChI=1S/C17H13ClFN3O3/c1-17(20-21-17)14-9-12(19)4-3-11(14)8-13(23)6-10-2-5-15(18)16(7-10)22(24)25/h2-5,7,9H,6,8H2,1H3. The van der Waals surface area contributed by atoms with Crippen molar-refractivity contribution in [1.82, 2.24) is 0 Å². The molecule has 0 unspecified atom stereocenters. The summed E-state index contributed by atoms with van der Waals surface area (Å²) < 4.78 is 13.5. The highest BCUT2D eigenvalue weighted by Crippen LogP contribution is 2.41. The average molecular weight is 362 g/mol. The van der Waals surface area contributed by atoms with E-state index in [2.05, 4.69) is 10.2 Å². The Morgan fingerprint density at radius 3 is 2.60 bits per heavy atom. The second-order valence-electron chi connectivity index (χ2n) is 5.96. The first-order valence-electron chi connectivity index (χ1n) is 7.46. The summed E-state index contributed by atoms with van der Waals surface area (Å²) in [6, 6.07) is 8.42. The zero-order chi connectivity index (χ0) is 18.2. The van der Waals surface area contributed by atoms with Crippen molar-refractivity contribution < 1.29 is 14.1 Å². The van der Waals surface area contributed by atoms with Crippen LogP contribution in [-0.2, 0) is 23.3 Å². The van der Waals surface area contributed by atoms with Gasteiger partial charge in [-0.05, 0) is 36.2 Å². The monoisotopic (exact) mass is 361 g/mol. The first kappa shape index (κ1) is 17.2. The van der Waals surface area contributed by atoms with Crippen LogP contribution in [0, 0.1) is 15.9 Å². The molecule has 0 fully saturated rings. The molecule has 0 aliphatic carbocycles. The van der Waals surface area contributed by atoms with E-state index in [-0.39, 0.29) is 29.3 Å². The molecule has 3 rings (SSSR count). The molecular weight excluding hydrogens is 349 g/mol. The van der Waals surface area contributed by atoms with Crippen molar-refractivity contribution in [3.63, 3.8) is 0 Å². The fourth-order valence-electron chi connectivity index (χ4n) is 2.64. The number of halogens is 2. The zero-order valence-corrected chi connectivity index (χ0v) is 14.0. The van der Waals surface area contributed by atoms with Crippen LogP contribution in [0.1, 0.15) is 23.6 Å². The summed E-state index contributed by atoms with van der Waals surface area (Å²) in [5.74, 6) is -0.577. The minimum absolute atomic E-state index is 0.0137. The van der Waals surface area contributed by atoms with Gasteiger partial charge in [0.05, 0.1) is 4.92 Å². The third-order valence-electron chi connectivity index (χ3n) is 3.98. The topological polar surface area (TPSA) is 84.9 Å². The molecule has 1 aliphatic rings. The number of carbonyl (C=O) groups is 1. The molecule has 0 saturated carbocycles. The largest absolute Gasteiger partial charge is 0.299 e. The number of rotatable bonds is 6. The molecule has 2 aromatic rings. The lowest BCUT2D eigenvalue weighted by atomic mass is 9.93. The van der Waals surface area contributed by atoms with E-state index >= 15 is 0 Å². The van der Waals surface area contributed by atoms with Crippen LogP contribution in [0.5, 0.6) is 0 Å². The van der Waals surface area contributed by atoms with Gasteiger partial charge in [-0.15, -0.1) is 0 Å². The number of carbonyl (C=O) groups excluding carboxylic acids is 1. The van der Waals surface area contributed by atoms with Crippen LogP contribution < -0.4 is 0 Å². The fraction of sp³-hybridized carbons (Fsp3) is 0.235. The number of hydrogen-bond donors (Lipinski definition) is 0. The smallest absolute Gasteiger partial charge is 0.288 e. The lowest BCUT2D eigenvalue weighted by Crippen LogP contribution is -2.13. The van der Waals surface area contributed by atoms with Gasteiger partial charge in [-0.25, -0.2) is 4.39 Å². The number of ketones is 1. The molecule has 0 aromatic heterocycles. The summed E-state index contributed by atoms with van der Waals surface area (Å²) in [6.45, 7) is 1.73. The molecule has 2 aromatic carbocycles. The van der Waals surface area contributed by atoms with Crippen LogP contribution >= 0.6 is 11.6 Å². The summed E-state index contributed by atoms with van der Waals surface area (Å²) in [5.41, 5.74) is 0.663. The molecular formula is C17H13ClFN3O3. The minimum atomic E-state index is -0.795. The SMILES string of the molecule is CC1(c2cc(F)ccc2CC(=O)Cc2ccc(Cl)c([N+](=O)[O-])c2)N=N1. The number of nitro benzene ring substituents is 1. The Morgan fingerprint density at radius 1 is 1.24 bits per heavy atom. The molecule has 128 valence electrons. The third kappa shape index (κ3) is 3.71. The van der Waals surface area contributed by atoms with Crippen molar-refractivity contribution in [3.8, 4) is 0 Å². The molecule has 25 heavy (non-hydrogen) atoms. The number of nitrogens with zero attached hydrogens (tertiary/aromatic N) is 3. The maximum atomic E-state index is 13.5. The fourth-order valence-corrected chi connectivity index (χ4v) is 2.82. The van der Waals surface area contributed by atoms with Gasteiger partial charge in [0.2, 0.25) is 5.66 Å². The first-order valence-corrected chi connectivity index (χ1v) is 7.84. The van der Waals surface area contributed by atoms with E-state index in [1.54, 1.807) is 19.1 Å². The van der Waals surface area contributed by atoms with Gasteiger partial charge in [0, 0.05) is 24.5 Å². The van der Waals surface area contributed by atoms with Crippen LogP contribution in [0.15, 0.2) is 46.6 Å². The molecule has 0 spiro atoms. The molecule has 8 heteroatoms. The lowest BCUT2D eigenvalue weighted by molar-refractivity contribution is -0.384. The first-order chi connectivity index (χ1) is 11.8. The second kappa shape index (κ2) is 6.33. The van der Waals surface area contributed by atoms with Crippen molar-refractivity contribution in [1.29, 1.82) is 0 Å². The van der Waals surface area contributed by atoms with E-state index in [0.29, 0.717) is 16.7 Å². The Labute approximate surface area is 147 Å². The van der Waals surface area contributed by atoms with Gasteiger partial charge in [0.15, 0.2) is 0 Å². The number of Topliss-reactive ketones (excluding diaryl/α,β-unsaturated/α-hetero) is 1. The third-order valence-corrected chi connectivity index (χ3v) is 4.30. The maximum absolute atomic E-state index is 13.5. The van der Waals surface area contributed by atoms with Crippen molar-refractivity contribution in [2.24, 2.45) is 10.2 Å². The minimum Gasteiger partial charge on any atom is -0.299 e. The van der Waals surface area contributed by atoms with E-state index < -0.39 is 16.4 Å². The highest BCUT2D eigenvalue weighted by molar-refractivity contribution is 6.32. The summed E-state index contributed by atoms with van der Waals surface area (Å²) >= 11 is 5.77. The van der Waals surface area contributed by atoms with Crippen LogP contribution in [0.3, 0.4) is 0 Å². The number of nitro groups is 1. The van der Waals surface area contributed by atoms with Gasteiger partial charge in [-0.2, -0.15) is 10.2 Å². The van der Waals surface area contributed by atoms with E-state index in [1.165, 1.54) is 24.3 Å². The van der Waals surface area contributed by atoms with E-state index in [1.807, 2.05) is 0 Å². The van der Waals surface area contributed by atoms with Crippen molar-refractivity contribution in [2.75, 3.05) is 0 Å². The Kier molecular flexibility index (Phi) is 4.34. The van der Waals surface area contributed by atoms with Crippen LogP contribution in [-0.4, -0.2) is 10.7 Å². The van der Waals surface area contributed by atoms with E-state index in [9.17, 15) is 19.3 Å². The zero-order valence-electron chi connectivity index (χ0n) is 13.2. The summed E-state index contributed by atoms with van der Waals surface area (Å²) in [6.07, 6.45) is 0.0759. The Bertz CT molecular complexity index is 908. The van der Waals surface area contributed by atoms with Gasteiger partial charge in [-0.3, -0.25) is 14.9 Å². The molecule has 0 radical (unpaired) electrons. The van der Waals surface area contributed by atoms with E-state index in [4.69, 9.17) is 11.6 Å². The number of benzene rings is 2. The van der Waals surface area contributed by atoms with Gasteiger partial charge >= 0.3 is 0 Å². The van der Waals surface area contributed by atoms with Crippen LogP contribution in [0.4, 0.5) is 10.1 Å². The van der Waals surface area contributed by atoms with Crippen molar-refractivity contribution >= 4 is 23.1 Å². The van der Waals surface area contributed by atoms with Crippen molar-refractivity contribution in [2.45, 2.75) is 25.4 Å². The Morgan fingerprint density at radius 2 is 1.96 bits per heavy atom. The predicted octanol–water partition coefficient (Wildman–Crippen LogP) is 4.38. The molecule has 1 aliphatic heterocycles. The molecule has 6 nitrogen and oxygen atoms in total. The highest BCUT2D eigenvalue weighted by Gasteiger charge is 2.38. The molecule has 0 atom stereocenters. The molecule has 1 heterocycles. The predicted molar refractivity (Wildman–Crippen MR) is 89.1 cm³/mol. The molecule has 0 bridgehead atoms. The highest BCUT2D eigenvalue weighted by atomic mass is 35.5. The number of hydrogen-bond acceptors (Lipinski definition) is 5. The van der Waals surface area contributed by atoms with E-state index in [0.717, 1.165) is 0 Å². The normalized spacial score (nSPS) is 14.4. The maximum Gasteiger partial charge on any atom is 0.288 e. The Balaban J connectivity index is 1.78. The summed E-state index contributed by atoms with van der Waals surface area (Å²) in [4.78, 5) is 22.7. The summed E-state index contributed by atoms with van der Waals surface area (Å²) in [7, 11) is 0. The second-order valence-corrected chi connectivity index (χ2v) is 6.36. The molecule has 0 N–H and O–H groups in total. The Hall–Kier alpha value is -2.67. The lowest BCUT2D eigenvalue weighted by Gasteiger charge is -2.11. The average Bonchev–Trinajstić information content (AvgIpc) is 3.29. The summed E-state index contributed by atoms with van der Waals surface area (Å²) in [5, 5.41) is 18.7. The van der Waals surface area contributed by atoms with Gasteiger partial charge in [0.1, 0.15) is 16.6 Å². The molecule has 0 amide bonds. The van der Waals surface area contributed by atoms with Gasteiger partial charge in [-0.1, -0.05) is 23.7 Å². The van der Waals surface area contributed by atoms with Gasteiger partial charge < -0.3 is 0 Å². The quantitative estimate of drug-likeness (QED) is 0.565.